The van der Waals surface area contributed by atoms with Gasteiger partial charge in [0.25, 0.3) is 0 Å². The Morgan fingerprint density at radius 1 is 1.33 bits per heavy atom. The number of guanidine groups is 1. The zero-order chi connectivity index (χ0) is 18.4. The molecular formula is C19H30BrIN4OS. The van der Waals surface area contributed by atoms with Gasteiger partial charge in [-0.05, 0) is 29.9 Å². The van der Waals surface area contributed by atoms with Crippen LogP contribution in [0.2, 0.25) is 0 Å². The molecule has 0 amide bonds. The summed E-state index contributed by atoms with van der Waals surface area (Å²) in [4.78, 5) is 9.33. The minimum atomic E-state index is 0. The Morgan fingerprint density at radius 2 is 2.04 bits per heavy atom. The summed E-state index contributed by atoms with van der Waals surface area (Å²) in [7, 11) is 3.97. The number of nitrogens with zero attached hydrogens (tertiary/aromatic N) is 3. The van der Waals surface area contributed by atoms with Crippen LogP contribution < -0.4 is 5.32 Å². The zero-order valence-corrected chi connectivity index (χ0v) is 20.9. The Hall–Kier alpha value is -0.0300. The van der Waals surface area contributed by atoms with Crippen molar-refractivity contribution >= 4 is 57.6 Å². The molecule has 0 radical (unpaired) electrons. The highest BCUT2D eigenvalue weighted by atomic mass is 127. The number of hydrogen-bond acceptors (Lipinski definition) is 4. The molecule has 2 heterocycles. The number of morpholine rings is 1. The van der Waals surface area contributed by atoms with Gasteiger partial charge in [0.05, 0.1) is 13.2 Å². The highest BCUT2D eigenvalue weighted by Gasteiger charge is 2.40. The lowest BCUT2D eigenvalue weighted by molar-refractivity contribution is -0.0121. The third kappa shape index (κ3) is 6.22. The highest BCUT2D eigenvalue weighted by molar-refractivity contribution is 14.0. The zero-order valence-electron chi connectivity index (χ0n) is 16.1. The van der Waals surface area contributed by atoms with Crippen molar-refractivity contribution in [3.63, 3.8) is 0 Å². The fourth-order valence-corrected chi connectivity index (χ4v) is 5.44. The number of aliphatic imine (C=N–C) groups is 1. The van der Waals surface area contributed by atoms with E-state index < -0.39 is 0 Å². The third-order valence-electron chi connectivity index (χ3n) is 5.25. The van der Waals surface area contributed by atoms with Crippen molar-refractivity contribution in [2.24, 2.45) is 4.99 Å². The van der Waals surface area contributed by atoms with Crippen LogP contribution in [-0.4, -0.2) is 79.7 Å². The number of nitrogens with one attached hydrogen (secondary N) is 1. The standard InChI is InChI=1S/C19H29BrN4OS.HI/c1-21-18(23(2)13-16-3-5-17(20)6-4-16)22-14-19(7-12-26-15-19)24-8-10-25-11-9-24;/h3-6H,7-15H2,1-2H3,(H,21,22);1H. The van der Waals surface area contributed by atoms with Crippen LogP contribution in [0.15, 0.2) is 33.7 Å². The largest absolute Gasteiger partial charge is 0.379 e. The van der Waals surface area contributed by atoms with Gasteiger partial charge in [-0.3, -0.25) is 9.89 Å². The van der Waals surface area contributed by atoms with E-state index in [4.69, 9.17) is 4.74 Å². The maximum absolute atomic E-state index is 5.56. The van der Waals surface area contributed by atoms with Crippen molar-refractivity contribution in [1.82, 2.24) is 15.1 Å². The Morgan fingerprint density at radius 3 is 2.63 bits per heavy atom. The van der Waals surface area contributed by atoms with Gasteiger partial charge in [-0.15, -0.1) is 24.0 Å². The molecule has 0 aliphatic carbocycles. The van der Waals surface area contributed by atoms with E-state index in [0.717, 1.165) is 49.8 Å². The van der Waals surface area contributed by atoms with Gasteiger partial charge in [-0.25, -0.2) is 0 Å². The first kappa shape index (κ1) is 23.3. The van der Waals surface area contributed by atoms with E-state index in [1.807, 2.05) is 7.05 Å². The quantitative estimate of drug-likeness (QED) is 0.335. The molecule has 2 aliphatic heterocycles. The van der Waals surface area contributed by atoms with Gasteiger partial charge in [0.2, 0.25) is 0 Å². The summed E-state index contributed by atoms with van der Waals surface area (Å²) < 4.78 is 6.67. The smallest absolute Gasteiger partial charge is 0.193 e. The minimum absolute atomic E-state index is 0. The van der Waals surface area contributed by atoms with Crippen molar-refractivity contribution in [1.29, 1.82) is 0 Å². The molecule has 1 aromatic carbocycles. The van der Waals surface area contributed by atoms with Gasteiger partial charge in [0, 0.05) is 56.0 Å². The molecule has 8 heteroatoms. The molecule has 27 heavy (non-hydrogen) atoms. The Kier molecular flexibility index (Phi) is 9.67. The van der Waals surface area contributed by atoms with Gasteiger partial charge < -0.3 is 15.0 Å². The summed E-state index contributed by atoms with van der Waals surface area (Å²) in [5.41, 5.74) is 1.50. The Balaban J connectivity index is 0.00000261. The molecule has 1 aromatic rings. The number of halogens is 2. The second-order valence-electron chi connectivity index (χ2n) is 7.01. The van der Waals surface area contributed by atoms with Crippen LogP contribution in [0.1, 0.15) is 12.0 Å². The third-order valence-corrected chi connectivity index (χ3v) is 7.01. The lowest BCUT2D eigenvalue weighted by Crippen LogP contribution is -2.60. The van der Waals surface area contributed by atoms with Crippen molar-refractivity contribution in [2.75, 3.05) is 58.4 Å². The molecule has 0 bridgehead atoms. The number of rotatable bonds is 5. The first-order valence-corrected chi connectivity index (χ1v) is 11.1. The average Bonchev–Trinajstić information content (AvgIpc) is 3.15. The first-order chi connectivity index (χ1) is 12.6. The molecule has 2 aliphatic rings. The van der Waals surface area contributed by atoms with Gasteiger partial charge in [0.1, 0.15) is 0 Å². The van der Waals surface area contributed by atoms with E-state index in [0.29, 0.717) is 0 Å². The molecule has 0 saturated carbocycles. The molecule has 0 spiro atoms. The first-order valence-electron chi connectivity index (χ1n) is 9.20. The van der Waals surface area contributed by atoms with Gasteiger partial charge in [-0.2, -0.15) is 11.8 Å². The summed E-state index contributed by atoms with van der Waals surface area (Å²) >= 11 is 5.56. The maximum Gasteiger partial charge on any atom is 0.193 e. The lowest BCUT2D eigenvalue weighted by Gasteiger charge is -2.43. The molecule has 2 saturated heterocycles. The Bertz CT molecular complexity index is 604. The fraction of sp³-hybridized carbons (Fsp3) is 0.632. The number of hydrogen-bond donors (Lipinski definition) is 1. The summed E-state index contributed by atoms with van der Waals surface area (Å²) in [6.45, 7) is 5.56. The molecule has 0 aromatic heterocycles. The van der Waals surface area contributed by atoms with Gasteiger partial charge in [0.15, 0.2) is 5.96 Å². The summed E-state index contributed by atoms with van der Waals surface area (Å²) in [6, 6.07) is 8.47. The van der Waals surface area contributed by atoms with Crippen LogP contribution in [0.4, 0.5) is 0 Å². The van der Waals surface area contributed by atoms with Crippen molar-refractivity contribution < 1.29 is 4.74 Å². The summed E-state index contributed by atoms with van der Waals surface area (Å²) in [6.07, 6.45) is 1.23. The minimum Gasteiger partial charge on any atom is -0.379 e. The monoisotopic (exact) mass is 568 g/mol. The number of benzene rings is 1. The molecule has 152 valence electrons. The van der Waals surface area contributed by atoms with Crippen molar-refractivity contribution in [2.45, 2.75) is 18.5 Å². The van der Waals surface area contributed by atoms with E-state index in [9.17, 15) is 0 Å². The van der Waals surface area contributed by atoms with E-state index in [1.54, 1.807) is 0 Å². The summed E-state index contributed by atoms with van der Waals surface area (Å²) in [5, 5.41) is 3.65. The van der Waals surface area contributed by atoms with Gasteiger partial charge in [-0.1, -0.05) is 28.1 Å². The SMILES string of the molecule is CN=C(NCC1(N2CCOCC2)CCSC1)N(C)Cc1ccc(Br)cc1.I. The average molecular weight is 569 g/mol. The molecular weight excluding hydrogens is 539 g/mol. The van der Waals surface area contributed by atoms with E-state index >= 15 is 0 Å². The maximum atomic E-state index is 5.56. The molecule has 1 N–H and O–H groups in total. The number of ether oxygens (including phenoxy) is 1. The fourth-order valence-electron chi connectivity index (χ4n) is 3.70. The van der Waals surface area contributed by atoms with Crippen LogP contribution in [0.25, 0.3) is 0 Å². The van der Waals surface area contributed by atoms with Gasteiger partial charge >= 0.3 is 0 Å². The Labute approximate surface area is 192 Å². The van der Waals surface area contributed by atoms with Crippen LogP contribution in [0.5, 0.6) is 0 Å². The topological polar surface area (TPSA) is 40.1 Å². The molecule has 3 rings (SSSR count). The lowest BCUT2D eigenvalue weighted by atomic mass is 9.95. The molecule has 1 atom stereocenters. The van der Waals surface area contributed by atoms with Crippen LogP contribution in [0.3, 0.4) is 0 Å². The molecule has 5 nitrogen and oxygen atoms in total. The predicted octanol–water partition coefficient (Wildman–Crippen LogP) is 3.28. The molecule has 2 fully saturated rings. The highest BCUT2D eigenvalue weighted by Crippen LogP contribution is 2.33. The van der Waals surface area contributed by atoms with Crippen LogP contribution in [0, 0.1) is 0 Å². The van der Waals surface area contributed by atoms with E-state index in [-0.39, 0.29) is 29.5 Å². The second-order valence-corrected chi connectivity index (χ2v) is 9.03. The normalized spacial score (nSPS) is 23.7. The number of thioether (sulfide) groups is 1. The summed E-state index contributed by atoms with van der Waals surface area (Å²) in [5.74, 6) is 3.39. The van der Waals surface area contributed by atoms with Crippen LogP contribution in [-0.2, 0) is 11.3 Å². The molecule has 1 unspecified atom stereocenters. The second kappa shape index (κ2) is 11.2. The van der Waals surface area contributed by atoms with Crippen molar-refractivity contribution in [3.8, 4) is 0 Å². The van der Waals surface area contributed by atoms with Crippen LogP contribution >= 0.6 is 51.7 Å². The van der Waals surface area contributed by atoms with Crippen molar-refractivity contribution in [3.05, 3.63) is 34.3 Å². The van der Waals surface area contributed by atoms with E-state index in [1.165, 1.54) is 23.5 Å². The predicted molar refractivity (Wildman–Crippen MR) is 129 cm³/mol. The van der Waals surface area contributed by atoms with E-state index in [2.05, 4.69) is 79.1 Å².